The number of aliphatic hydroxyl groups excluding tert-OH is 1. The SMILES string of the molecule is OCCNCc1cccn1Cc1cccs1. The number of aromatic nitrogens is 1. The molecule has 0 atom stereocenters. The Bertz CT molecular complexity index is 408. The van der Waals surface area contributed by atoms with Crippen molar-refractivity contribution in [2.24, 2.45) is 0 Å². The Morgan fingerprint density at radius 2 is 2.25 bits per heavy atom. The minimum absolute atomic E-state index is 0.186. The second-order valence-corrected chi connectivity index (χ2v) is 4.64. The van der Waals surface area contributed by atoms with Gasteiger partial charge in [-0.2, -0.15) is 0 Å². The van der Waals surface area contributed by atoms with Crippen LogP contribution >= 0.6 is 11.3 Å². The number of hydrogen-bond acceptors (Lipinski definition) is 3. The molecule has 0 spiro atoms. The van der Waals surface area contributed by atoms with E-state index in [9.17, 15) is 0 Å². The average Bonchev–Trinajstić information content (AvgIpc) is 2.92. The van der Waals surface area contributed by atoms with Gasteiger partial charge in [0.25, 0.3) is 0 Å². The molecule has 0 aromatic carbocycles. The summed E-state index contributed by atoms with van der Waals surface area (Å²) in [5.41, 5.74) is 1.25. The molecule has 2 heterocycles. The Hall–Kier alpha value is -1.10. The highest BCUT2D eigenvalue weighted by Gasteiger charge is 2.01. The summed E-state index contributed by atoms with van der Waals surface area (Å²) in [6.07, 6.45) is 2.09. The fourth-order valence-electron chi connectivity index (χ4n) is 1.63. The van der Waals surface area contributed by atoms with E-state index in [1.807, 2.05) is 0 Å². The van der Waals surface area contributed by atoms with Crippen LogP contribution in [0, 0.1) is 0 Å². The van der Waals surface area contributed by atoms with Crippen LogP contribution in [0.4, 0.5) is 0 Å². The number of rotatable bonds is 6. The van der Waals surface area contributed by atoms with Gasteiger partial charge < -0.3 is 15.0 Å². The first-order valence-electron chi connectivity index (χ1n) is 5.38. The van der Waals surface area contributed by atoms with Crippen LogP contribution in [0.2, 0.25) is 0 Å². The molecule has 0 bridgehead atoms. The standard InChI is InChI=1S/C12H16N2OS/c15-7-5-13-9-11-3-1-6-14(11)10-12-4-2-8-16-12/h1-4,6,8,13,15H,5,7,9-10H2. The van der Waals surface area contributed by atoms with Gasteiger partial charge >= 0.3 is 0 Å². The molecule has 0 aliphatic rings. The lowest BCUT2D eigenvalue weighted by Crippen LogP contribution is -2.19. The maximum Gasteiger partial charge on any atom is 0.0566 e. The smallest absolute Gasteiger partial charge is 0.0566 e. The zero-order valence-electron chi connectivity index (χ0n) is 9.10. The number of aliphatic hydroxyl groups is 1. The van der Waals surface area contributed by atoms with Crippen molar-refractivity contribution in [3.8, 4) is 0 Å². The number of nitrogens with one attached hydrogen (secondary N) is 1. The number of hydrogen-bond donors (Lipinski definition) is 2. The lowest BCUT2D eigenvalue weighted by molar-refractivity contribution is 0.291. The van der Waals surface area contributed by atoms with E-state index in [0.717, 1.165) is 13.1 Å². The van der Waals surface area contributed by atoms with Gasteiger partial charge in [-0.1, -0.05) is 6.07 Å². The summed E-state index contributed by atoms with van der Waals surface area (Å²) in [5.74, 6) is 0. The van der Waals surface area contributed by atoms with Gasteiger partial charge in [-0.25, -0.2) is 0 Å². The Morgan fingerprint density at radius 3 is 3.00 bits per heavy atom. The van der Waals surface area contributed by atoms with Crippen LogP contribution in [0.25, 0.3) is 0 Å². The van der Waals surface area contributed by atoms with E-state index in [1.54, 1.807) is 11.3 Å². The van der Waals surface area contributed by atoms with Crippen LogP contribution in [0.1, 0.15) is 10.6 Å². The van der Waals surface area contributed by atoms with Crippen LogP contribution in [-0.4, -0.2) is 22.8 Å². The van der Waals surface area contributed by atoms with Crippen molar-refractivity contribution in [2.75, 3.05) is 13.2 Å². The predicted molar refractivity (Wildman–Crippen MR) is 66.6 cm³/mol. The van der Waals surface area contributed by atoms with Gasteiger partial charge in [-0.05, 0) is 23.6 Å². The Morgan fingerprint density at radius 1 is 1.31 bits per heavy atom. The third kappa shape index (κ3) is 2.95. The fraction of sp³-hybridized carbons (Fsp3) is 0.333. The summed E-state index contributed by atoms with van der Waals surface area (Å²) in [4.78, 5) is 1.36. The summed E-state index contributed by atoms with van der Waals surface area (Å²) < 4.78 is 2.23. The van der Waals surface area contributed by atoms with Crippen molar-refractivity contribution in [1.82, 2.24) is 9.88 Å². The normalized spacial score (nSPS) is 10.8. The molecule has 0 saturated heterocycles. The van der Waals surface area contributed by atoms with Gasteiger partial charge in [0.2, 0.25) is 0 Å². The predicted octanol–water partition coefficient (Wildman–Crippen LogP) is 1.68. The molecule has 2 aromatic heterocycles. The molecule has 4 heteroatoms. The van der Waals surface area contributed by atoms with Crippen LogP contribution in [-0.2, 0) is 13.1 Å². The van der Waals surface area contributed by atoms with Crippen molar-refractivity contribution in [1.29, 1.82) is 0 Å². The molecule has 3 nitrogen and oxygen atoms in total. The van der Waals surface area contributed by atoms with Crippen molar-refractivity contribution < 1.29 is 5.11 Å². The van der Waals surface area contributed by atoms with Gasteiger partial charge in [0.1, 0.15) is 0 Å². The summed E-state index contributed by atoms with van der Waals surface area (Å²) in [6.45, 7) is 2.57. The molecule has 2 rings (SSSR count). The lowest BCUT2D eigenvalue weighted by atomic mass is 10.4. The molecular formula is C12H16N2OS. The third-order valence-electron chi connectivity index (χ3n) is 2.42. The lowest BCUT2D eigenvalue weighted by Gasteiger charge is -2.08. The highest BCUT2D eigenvalue weighted by atomic mass is 32.1. The van der Waals surface area contributed by atoms with Gasteiger partial charge in [-0.15, -0.1) is 11.3 Å². The van der Waals surface area contributed by atoms with E-state index >= 15 is 0 Å². The third-order valence-corrected chi connectivity index (χ3v) is 3.29. The largest absolute Gasteiger partial charge is 0.395 e. The molecule has 86 valence electrons. The van der Waals surface area contributed by atoms with Crippen LogP contribution < -0.4 is 5.32 Å². The second-order valence-electron chi connectivity index (χ2n) is 3.61. The maximum absolute atomic E-state index is 8.70. The highest BCUT2D eigenvalue weighted by Crippen LogP contribution is 2.12. The van der Waals surface area contributed by atoms with Crippen LogP contribution in [0.15, 0.2) is 35.8 Å². The molecule has 0 saturated carbocycles. The molecule has 0 aliphatic heterocycles. The highest BCUT2D eigenvalue weighted by molar-refractivity contribution is 7.09. The minimum Gasteiger partial charge on any atom is -0.395 e. The molecule has 0 fully saturated rings. The summed E-state index contributed by atoms with van der Waals surface area (Å²) in [6, 6.07) is 8.39. The van der Waals surface area contributed by atoms with Crippen LogP contribution in [0.5, 0.6) is 0 Å². The van der Waals surface area contributed by atoms with E-state index in [0.29, 0.717) is 6.54 Å². The summed E-state index contributed by atoms with van der Waals surface area (Å²) in [7, 11) is 0. The van der Waals surface area contributed by atoms with Crippen molar-refractivity contribution in [3.05, 3.63) is 46.4 Å². The molecule has 0 amide bonds. The van der Waals surface area contributed by atoms with Gasteiger partial charge in [0.05, 0.1) is 13.2 Å². The molecule has 2 N–H and O–H groups in total. The van der Waals surface area contributed by atoms with Crippen molar-refractivity contribution in [3.63, 3.8) is 0 Å². The quantitative estimate of drug-likeness (QED) is 0.749. The topological polar surface area (TPSA) is 37.2 Å². The molecular weight excluding hydrogens is 220 g/mol. The minimum atomic E-state index is 0.186. The first-order valence-corrected chi connectivity index (χ1v) is 6.26. The van der Waals surface area contributed by atoms with Gasteiger partial charge in [0.15, 0.2) is 0 Å². The fourth-order valence-corrected chi connectivity index (χ4v) is 2.33. The van der Waals surface area contributed by atoms with E-state index in [-0.39, 0.29) is 6.61 Å². The Kier molecular flexibility index (Phi) is 4.16. The average molecular weight is 236 g/mol. The maximum atomic E-state index is 8.70. The molecule has 2 aromatic rings. The first-order chi connectivity index (χ1) is 7.90. The second kappa shape index (κ2) is 5.84. The molecule has 0 radical (unpaired) electrons. The molecule has 0 aliphatic carbocycles. The van der Waals surface area contributed by atoms with Crippen molar-refractivity contribution in [2.45, 2.75) is 13.1 Å². The van der Waals surface area contributed by atoms with E-state index in [4.69, 9.17) is 5.11 Å². The van der Waals surface area contributed by atoms with Crippen LogP contribution in [0.3, 0.4) is 0 Å². The van der Waals surface area contributed by atoms with Gasteiger partial charge in [-0.3, -0.25) is 0 Å². The van der Waals surface area contributed by atoms with Gasteiger partial charge in [0, 0.05) is 29.9 Å². The number of nitrogens with zero attached hydrogens (tertiary/aromatic N) is 1. The zero-order chi connectivity index (χ0) is 11.2. The molecule has 0 unspecified atom stereocenters. The Balaban J connectivity index is 1.96. The summed E-state index contributed by atoms with van der Waals surface area (Å²) in [5, 5.41) is 14.0. The Labute approximate surface area is 99.4 Å². The van der Waals surface area contributed by atoms with Crippen molar-refractivity contribution >= 4 is 11.3 Å². The monoisotopic (exact) mass is 236 g/mol. The first kappa shape index (κ1) is 11.4. The number of thiophene rings is 1. The molecule has 16 heavy (non-hydrogen) atoms. The zero-order valence-corrected chi connectivity index (χ0v) is 9.91. The van der Waals surface area contributed by atoms with E-state index < -0.39 is 0 Å². The van der Waals surface area contributed by atoms with E-state index in [1.165, 1.54) is 10.6 Å². The van der Waals surface area contributed by atoms with E-state index in [2.05, 4.69) is 45.7 Å². The summed E-state index contributed by atoms with van der Waals surface area (Å²) >= 11 is 1.78.